The Kier molecular flexibility index (Phi) is 8.22. The van der Waals surface area contributed by atoms with Crippen molar-refractivity contribution in [3.8, 4) is 11.5 Å². The molecule has 1 saturated heterocycles. The van der Waals surface area contributed by atoms with Crippen LogP contribution in [0.1, 0.15) is 92.8 Å². The zero-order chi connectivity index (χ0) is 31.4. The SMILES string of the molecule is CC1(c2ccc(Cl)cc2F)Oc2cccc(C3CCN(Cc4ncc(C=O)n4C4CC(O[Si](C)(C)C(C)(C)C)C4)CC3)c2O1. The van der Waals surface area contributed by atoms with Crippen LogP contribution in [0.2, 0.25) is 23.2 Å². The summed E-state index contributed by atoms with van der Waals surface area (Å²) in [6, 6.07) is 10.7. The lowest BCUT2D eigenvalue weighted by Crippen LogP contribution is -2.48. The van der Waals surface area contributed by atoms with Gasteiger partial charge in [0.15, 0.2) is 26.1 Å². The molecular formula is C34H43ClFN3O4Si. The van der Waals surface area contributed by atoms with Gasteiger partial charge in [0.1, 0.15) is 17.3 Å². The maximum absolute atomic E-state index is 14.8. The van der Waals surface area contributed by atoms with E-state index in [1.165, 1.54) is 6.07 Å². The van der Waals surface area contributed by atoms with Gasteiger partial charge >= 0.3 is 0 Å². The van der Waals surface area contributed by atoms with Gasteiger partial charge in [-0.2, -0.15) is 0 Å². The van der Waals surface area contributed by atoms with Crippen molar-refractivity contribution < 1.29 is 23.1 Å². The number of aldehydes is 1. The second-order valence-corrected chi connectivity index (χ2v) is 19.4. The molecule has 1 aromatic heterocycles. The number of likely N-dealkylation sites (tertiary alicyclic amines) is 1. The third kappa shape index (κ3) is 5.84. The van der Waals surface area contributed by atoms with Gasteiger partial charge in [-0.1, -0.05) is 44.5 Å². The third-order valence-electron chi connectivity index (χ3n) is 10.1. The zero-order valence-corrected chi connectivity index (χ0v) is 28.3. The number of halogens is 2. The fraction of sp³-hybridized carbons (Fsp3) is 0.529. The average molecular weight is 640 g/mol. The third-order valence-corrected chi connectivity index (χ3v) is 14.9. The summed E-state index contributed by atoms with van der Waals surface area (Å²) < 4.78 is 36.2. The fourth-order valence-electron chi connectivity index (χ4n) is 6.52. The van der Waals surface area contributed by atoms with E-state index in [0.29, 0.717) is 34.3 Å². The lowest BCUT2D eigenvalue weighted by atomic mass is 9.88. The van der Waals surface area contributed by atoms with Crippen LogP contribution < -0.4 is 9.47 Å². The Morgan fingerprint density at radius 2 is 1.89 bits per heavy atom. The van der Waals surface area contributed by atoms with Crippen LogP contribution in [-0.4, -0.2) is 48.2 Å². The number of para-hydroxylation sites is 1. The van der Waals surface area contributed by atoms with Crippen molar-refractivity contribution in [3.63, 3.8) is 0 Å². The fourth-order valence-corrected chi connectivity index (χ4v) is 8.06. The van der Waals surface area contributed by atoms with Crippen LogP contribution in [0.3, 0.4) is 0 Å². The van der Waals surface area contributed by atoms with Gasteiger partial charge in [0.2, 0.25) is 0 Å². The molecule has 0 N–H and O–H groups in total. The normalized spacial score (nSPS) is 24.4. The Hall–Kier alpha value is -2.72. The molecule has 236 valence electrons. The van der Waals surface area contributed by atoms with Gasteiger partial charge in [-0.15, -0.1) is 0 Å². The van der Waals surface area contributed by atoms with Gasteiger partial charge in [0, 0.05) is 29.7 Å². The summed E-state index contributed by atoms with van der Waals surface area (Å²) in [5.41, 5.74) is 2.04. The molecule has 3 aromatic rings. The highest BCUT2D eigenvalue weighted by molar-refractivity contribution is 6.74. The van der Waals surface area contributed by atoms with E-state index in [9.17, 15) is 9.18 Å². The number of hydrogen-bond acceptors (Lipinski definition) is 6. The molecule has 10 heteroatoms. The Morgan fingerprint density at radius 1 is 1.16 bits per heavy atom. The van der Waals surface area contributed by atoms with E-state index in [0.717, 1.165) is 56.4 Å². The van der Waals surface area contributed by atoms with Crippen LogP contribution >= 0.6 is 11.6 Å². The molecule has 3 aliphatic rings. The Bertz CT molecular complexity index is 1540. The van der Waals surface area contributed by atoms with E-state index < -0.39 is 19.9 Å². The average Bonchev–Trinajstić information content (AvgIpc) is 3.50. The molecule has 2 fully saturated rings. The minimum absolute atomic E-state index is 0.172. The largest absolute Gasteiger partial charge is 0.444 e. The van der Waals surface area contributed by atoms with Gasteiger partial charge in [0.25, 0.3) is 5.79 Å². The van der Waals surface area contributed by atoms with Crippen molar-refractivity contribution in [3.05, 3.63) is 76.1 Å². The van der Waals surface area contributed by atoms with E-state index in [4.69, 9.17) is 25.5 Å². The number of hydrogen-bond donors (Lipinski definition) is 0. The predicted octanol–water partition coefficient (Wildman–Crippen LogP) is 8.24. The molecule has 0 spiro atoms. The zero-order valence-electron chi connectivity index (χ0n) is 26.5. The number of benzene rings is 2. The Labute approximate surface area is 265 Å². The summed E-state index contributed by atoms with van der Waals surface area (Å²) in [5, 5.41) is 0.501. The molecule has 0 radical (unpaired) electrons. The monoisotopic (exact) mass is 639 g/mol. The minimum atomic E-state index is -1.83. The summed E-state index contributed by atoms with van der Waals surface area (Å²) in [6.45, 7) is 15.6. The molecule has 44 heavy (non-hydrogen) atoms. The van der Waals surface area contributed by atoms with Crippen molar-refractivity contribution in [2.24, 2.45) is 0 Å². The number of imidazole rings is 1. The van der Waals surface area contributed by atoms with Gasteiger partial charge in [-0.05, 0) is 87.1 Å². The molecular weight excluding hydrogens is 597 g/mol. The smallest absolute Gasteiger partial charge is 0.278 e. The molecule has 7 nitrogen and oxygen atoms in total. The summed E-state index contributed by atoms with van der Waals surface area (Å²) >= 11 is 5.98. The highest BCUT2D eigenvalue weighted by atomic mass is 35.5. The van der Waals surface area contributed by atoms with Crippen LogP contribution in [0, 0.1) is 5.82 Å². The number of carbonyl (C=O) groups excluding carboxylic acids is 1. The lowest BCUT2D eigenvalue weighted by Gasteiger charge is -2.45. The maximum atomic E-state index is 14.8. The van der Waals surface area contributed by atoms with Crippen molar-refractivity contribution in [2.75, 3.05) is 13.1 Å². The molecule has 6 rings (SSSR count). The van der Waals surface area contributed by atoms with Crippen LogP contribution in [0.5, 0.6) is 11.5 Å². The Morgan fingerprint density at radius 3 is 2.55 bits per heavy atom. The van der Waals surface area contributed by atoms with Crippen LogP contribution in [0.15, 0.2) is 42.6 Å². The second kappa shape index (κ2) is 11.6. The number of piperidine rings is 1. The van der Waals surface area contributed by atoms with Gasteiger partial charge in [0.05, 0.1) is 18.3 Å². The minimum Gasteiger partial charge on any atom is -0.444 e. The maximum Gasteiger partial charge on any atom is 0.278 e. The lowest BCUT2D eigenvalue weighted by molar-refractivity contribution is -0.0712. The molecule has 1 unspecified atom stereocenters. The van der Waals surface area contributed by atoms with Crippen molar-refractivity contribution in [2.45, 2.75) is 102 Å². The quantitative estimate of drug-likeness (QED) is 0.183. The molecule has 1 saturated carbocycles. The molecule has 3 heterocycles. The first kappa shape index (κ1) is 31.3. The number of nitrogens with zero attached hydrogens (tertiary/aromatic N) is 3. The topological polar surface area (TPSA) is 65.8 Å². The van der Waals surface area contributed by atoms with Gasteiger partial charge in [-0.3, -0.25) is 9.69 Å². The number of fused-ring (bicyclic) bond motifs is 1. The second-order valence-electron chi connectivity index (χ2n) is 14.2. The summed E-state index contributed by atoms with van der Waals surface area (Å²) in [5.74, 6) is 0.818. The first-order chi connectivity index (χ1) is 20.8. The van der Waals surface area contributed by atoms with Crippen LogP contribution in [-0.2, 0) is 16.8 Å². The molecule has 1 aliphatic carbocycles. The van der Waals surface area contributed by atoms with Crippen LogP contribution in [0.25, 0.3) is 0 Å². The van der Waals surface area contributed by atoms with Crippen molar-refractivity contribution in [1.29, 1.82) is 0 Å². The van der Waals surface area contributed by atoms with E-state index in [-0.39, 0.29) is 23.1 Å². The summed E-state index contributed by atoms with van der Waals surface area (Å²) in [4.78, 5) is 19.0. The Balaban J connectivity index is 1.10. The molecule has 2 aliphatic heterocycles. The molecule has 1 atom stereocenters. The van der Waals surface area contributed by atoms with Gasteiger partial charge in [-0.25, -0.2) is 9.37 Å². The van der Waals surface area contributed by atoms with Crippen molar-refractivity contribution >= 4 is 26.2 Å². The van der Waals surface area contributed by atoms with Crippen molar-refractivity contribution in [1.82, 2.24) is 14.5 Å². The molecule has 0 amide bonds. The summed E-state index contributed by atoms with van der Waals surface area (Å²) in [7, 11) is -1.83. The van der Waals surface area contributed by atoms with Crippen LogP contribution in [0.4, 0.5) is 4.39 Å². The highest BCUT2D eigenvalue weighted by Gasteiger charge is 2.44. The summed E-state index contributed by atoms with van der Waals surface area (Å²) in [6.07, 6.45) is 6.59. The number of carbonyl (C=O) groups is 1. The van der Waals surface area contributed by atoms with E-state index >= 15 is 0 Å². The van der Waals surface area contributed by atoms with E-state index in [1.54, 1.807) is 25.3 Å². The first-order valence-corrected chi connectivity index (χ1v) is 18.9. The van der Waals surface area contributed by atoms with E-state index in [2.05, 4.69) is 54.4 Å². The standard InChI is InChI=1S/C34H43ClFN3O4Si/c1-33(2,3)44(5,6)43-26-17-24(18-26)39-25(21-40)19-37-31(39)20-38-14-12-22(13-15-38)27-8-7-9-30-32(27)42-34(4,41-30)28-11-10-23(35)16-29(28)36/h7-11,16,19,21-22,24,26H,12-15,17-18,20H2,1-6H3. The number of aromatic nitrogens is 2. The number of rotatable bonds is 8. The first-order valence-electron chi connectivity index (χ1n) is 15.7. The van der Waals surface area contributed by atoms with E-state index in [1.807, 2.05) is 12.1 Å². The number of ether oxygens (including phenoxy) is 2. The highest BCUT2D eigenvalue weighted by Crippen LogP contribution is 2.50. The molecule has 0 bridgehead atoms. The van der Waals surface area contributed by atoms with Gasteiger partial charge < -0.3 is 18.5 Å². The predicted molar refractivity (Wildman–Crippen MR) is 172 cm³/mol. The molecule has 2 aromatic carbocycles.